The summed E-state index contributed by atoms with van der Waals surface area (Å²) in [4.78, 5) is 35.1. The molecule has 0 saturated carbocycles. The zero-order valence-electron chi connectivity index (χ0n) is 17.2. The number of ether oxygens (including phenoxy) is 1. The van der Waals surface area contributed by atoms with Crippen molar-refractivity contribution in [2.75, 3.05) is 45.2 Å². The summed E-state index contributed by atoms with van der Waals surface area (Å²) in [7, 11) is 1.64. The first-order valence-electron chi connectivity index (χ1n) is 10.0. The fraction of sp³-hybridized carbons (Fsp3) is 0.333. The molecule has 1 aromatic heterocycles. The number of nitrogens with one attached hydrogen (secondary N) is 2. The van der Waals surface area contributed by atoms with Crippen LogP contribution in [-0.4, -0.2) is 70.4 Å². The molecule has 3 aromatic rings. The highest BCUT2D eigenvalue weighted by Crippen LogP contribution is 2.20. The minimum absolute atomic E-state index is 0.0459. The first-order valence-corrected chi connectivity index (χ1v) is 10.0. The second kappa shape index (κ2) is 9.11. The van der Waals surface area contributed by atoms with E-state index in [1.807, 2.05) is 18.2 Å². The molecule has 4 rings (SSSR count). The van der Waals surface area contributed by atoms with Gasteiger partial charge in [-0.3, -0.25) is 24.7 Å². The first kappa shape index (κ1) is 20.8. The molecule has 1 saturated heterocycles. The molecule has 31 heavy (non-hydrogen) atoms. The molecule has 0 bridgehead atoms. The third kappa shape index (κ3) is 5.16. The Morgan fingerprint density at radius 3 is 2.71 bits per heavy atom. The predicted molar refractivity (Wildman–Crippen MR) is 116 cm³/mol. The molecule has 1 amide bonds. The van der Waals surface area contributed by atoms with E-state index in [1.54, 1.807) is 19.2 Å². The first-order chi connectivity index (χ1) is 15.0. The van der Waals surface area contributed by atoms with Crippen molar-refractivity contribution in [1.82, 2.24) is 19.8 Å². The molecule has 2 N–H and O–H groups in total. The Kier molecular flexibility index (Phi) is 6.10. The lowest BCUT2D eigenvalue weighted by molar-refractivity contribution is -0.384. The molecule has 0 spiro atoms. The largest absolute Gasteiger partial charge is 0.497 e. The van der Waals surface area contributed by atoms with Crippen LogP contribution in [0.5, 0.6) is 5.75 Å². The molecule has 10 heteroatoms. The Morgan fingerprint density at radius 1 is 1.19 bits per heavy atom. The van der Waals surface area contributed by atoms with Crippen molar-refractivity contribution in [3.05, 3.63) is 58.4 Å². The van der Waals surface area contributed by atoms with Gasteiger partial charge in [0.05, 0.1) is 36.2 Å². The number of imidazole rings is 1. The number of fused-ring (bicyclic) bond motifs is 1. The van der Waals surface area contributed by atoms with E-state index in [0.717, 1.165) is 48.8 Å². The second-order valence-corrected chi connectivity index (χ2v) is 7.47. The van der Waals surface area contributed by atoms with Crippen LogP contribution in [0.15, 0.2) is 42.5 Å². The number of aromatic nitrogens is 2. The summed E-state index contributed by atoms with van der Waals surface area (Å²) in [5.74, 6) is 1.51. The van der Waals surface area contributed by atoms with E-state index < -0.39 is 4.92 Å². The van der Waals surface area contributed by atoms with Gasteiger partial charge < -0.3 is 15.0 Å². The van der Waals surface area contributed by atoms with E-state index >= 15 is 0 Å². The van der Waals surface area contributed by atoms with Crippen molar-refractivity contribution >= 4 is 28.3 Å². The number of carbonyl (C=O) groups excluding carboxylic acids is 1. The number of H-pyrrole nitrogens is 1. The summed E-state index contributed by atoms with van der Waals surface area (Å²) in [6.45, 7) is 4.13. The number of amides is 1. The average molecular weight is 424 g/mol. The number of nitro groups is 1. The van der Waals surface area contributed by atoms with Gasteiger partial charge in [0.15, 0.2) is 0 Å². The van der Waals surface area contributed by atoms with E-state index in [0.29, 0.717) is 12.2 Å². The van der Waals surface area contributed by atoms with Crippen LogP contribution >= 0.6 is 0 Å². The minimum Gasteiger partial charge on any atom is -0.497 e. The topological polar surface area (TPSA) is 117 Å². The van der Waals surface area contributed by atoms with Gasteiger partial charge in [0.2, 0.25) is 5.91 Å². The molecule has 1 aliphatic rings. The third-order valence-electron chi connectivity index (χ3n) is 5.28. The highest BCUT2D eigenvalue weighted by Gasteiger charge is 2.20. The van der Waals surface area contributed by atoms with Gasteiger partial charge in [-0.2, -0.15) is 0 Å². The van der Waals surface area contributed by atoms with Crippen molar-refractivity contribution in [3.63, 3.8) is 0 Å². The van der Waals surface area contributed by atoms with Gasteiger partial charge in [-0.15, -0.1) is 0 Å². The number of methoxy groups -OCH3 is 1. The number of rotatable bonds is 7. The molecule has 0 aliphatic carbocycles. The molecular formula is C21H24N6O4. The summed E-state index contributed by atoms with van der Waals surface area (Å²) in [6.07, 6.45) is 0. The number of hydrogen-bond donors (Lipinski definition) is 2. The molecule has 2 aromatic carbocycles. The van der Waals surface area contributed by atoms with Crippen molar-refractivity contribution in [2.24, 2.45) is 0 Å². The Morgan fingerprint density at radius 2 is 1.97 bits per heavy atom. The maximum absolute atomic E-state index is 12.3. The Bertz CT molecular complexity index is 1090. The number of nitrogens with zero attached hydrogens (tertiary/aromatic N) is 4. The lowest BCUT2D eigenvalue weighted by Crippen LogP contribution is -2.48. The molecule has 0 radical (unpaired) electrons. The standard InChI is InChI=1S/C21H24N6O4/c1-31-17-5-6-18-19(12-17)24-20(23-18)13-25-7-9-26(10-8-25)14-21(28)22-15-3-2-4-16(11-15)27(29)30/h2-6,11-12H,7-10,13-14H2,1H3,(H,22,28)(H,23,24). The van der Waals surface area contributed by atoms with Gasteiger partial charge in [0, 0.05) is 50.1 Å². The molecule has 162 valence electrons. The second-order valence-electron chi connectivity index (χ2n) is 7.47. The van der Waals surface area contributed by atoms with Crippen molar-refractivity contribution in [2.45, 2.75) is 6.54 Å². The molecule has 2 heterocycles. The van der Waals surface area contributed by atoms with Crippen LogP contribution in [0, 0.1) is 10.1 Å². The average Bonchev–Trinajstić information content (AvgIpc) is 3.16. The monoisotopic (exact) mass is 424 g/mol. The normalized spacial score (nSPS) is 15.1. The third-order valence-corrected chi connectivity index (χ3v) is 5.28. The number of piperazine rings is 1. The van der Waals surface area contributed by atoms with Crippen molar-refractivity contribution in [3.8, 4) is 5.75 Å². The summed E-state index contributed by atoms with van der Waals surface area (Å²) in [5.41, 5.74) is 2.24. The Balaban J connectivity index is 1.26. The number of anilines is 1. The van der Waals surface area contributed by atoms with Crippen molar-refractivity contribution < 1.29 is 14.5 Å². The highest BCUT2D eigenvalue weighted by atomic mass is 16.6. The van der Waals surface area contributed by atoms with Gasteiger partial charge in [0.25, 0.3) is 5.69 Å². The van der Waals surface area contributed by atoms with Crippen LogP contribution in [0.4, 0.5) is 11.4 Å². The molecule has 0 unspecified atom stereocenters. The minimum atomic E-state index is -0.479. The summed E-state index contributed by atoms with van der Waals surface area (Å²) < 4.78 is 5.25. The summed E-state index contributed by atoms with van der Waals surface area (Å²) in [6, 6.07) is 11.7. The van der Waals surface area contributed by atoms with Crippen LogP contribution in [0.25, 0.3) is 11.0 Å². The van der Waals surface area contributed by atoms with E-state index in [1.165, 1.54) is 12.1 Å². The van der Waals surface area contributed by atoms with Gasteiger partial charge in [-0.05, 0) is 18.2 Å². The van der Waals surface area contributed by atoms with E-state index in [2.05, 4.69) is 25.1 Å². The fourth-order valence-electron chi connectivity index (χ4n) is 3.66. The van der Waals surface area contributed by atoms with Crippen LogP contribution in [0.1, 0.15) is 5.82 Å². The lowest BCUT2D eigenvalue weighted by atomic mass is 10.2. The molecule has 1 aliphatic heterocycles. The lowest BCUT2D eigenvalue weighted by Gasteiger charge is -2.33. The van der Waals surface area contributed by atoms with Crippen LogP contribution < -0.4 is 10.1 Å². The number of carbonyl (C=O) groups is 1. The Labute approximate surface area is 179 Å². The van der Waals surface area contributed by atoms with Crippen LogP contribution in [0.3, 0.4) is 0 Å². The van der Waals surface area contributed by atoms with E-state index in [9.17, 15) is 14.9 Å². The molecule has 1 fully saturated rings. The number of aromatic amines is 1. The predicted octanol–water partition coefficient (Wildman–Crippen LogP) is 2.24. The van der Waals surface area contributed by atoms with Crippen LogP contribution in [-0.2, 0) is 11.3 Å². The van der Waals surface area contributed by atoms with Crippen LogP contribution in [0.2, 0.25) is 0 Å². The van der Waals surface area contributed by atoms with E-state index in [4.69, 9.17) is 4.74 Å². The molecule has 0 atom stereocenters. The Hall–Kier alpha value is -3.50. The van der Waals surface area contributed by atoms with Gasteiger partial charge in [-0.25, -0.2) is 4.98 Å². The molecule has 10 nitrogen and oxygen atoms in total. The van der Waals surface area contributed by atoms with Gasteiger partial charge in [-0.1, -0.05) is 6.07 Å². The van der Waals surface area contributed by atoms with Gasteiger partial charge in [0.1, 0.15) is 11.6 Å². The fourth-order valence-corrected chi connectivity index (χ4v) is 3.66. The molecular weight excluding hydrogens is 400 g/mol. The zero-order valence-corrected chi connectivity index (χ0v) is 17.2. The van der Waals surface area contributed by atoms with Gasteiger partial charge >= 0.3 is 0 Å². The quantitative estimate of drug-likeness (QED) is 0.441. The maximum Gasteiger partial charge on any atom is 0.271 e. The number of nitro benzene ring substituents is 1. The number of hydrogen-bond acceptors (Lipinski definition) is 7. The smallest absolute Gasteiger partial charge is 0.271 e. The van der Waals surface area contributed by atoms with Crippen molar-refractivity contribution in [1.29, 1.82) is 0 Å². The van der Waals surface area contributed by atoms with E-state index in [-0.39, 0.29) is 18.1 Å². The maximum atomic E-state index is 12.3. The summed E-state index contributed by atoms with van der Waals surface area (Å²) in [5, 5.41) is 13.6. The SMILES string of the molecule is COc1ccc2nc(CN3CCN(CC(=O)Nc4cccc([N+](=O)[O-])c4)CC3)[nH]c2c1. The number of benzene rings is 2. The highest BCUT2D eigenvalue weighted by molar-refractivity contribution is 5.92. The summed E-state index contributed by atoms with van der Waals surface area (Å²) >= 11 is 0. The number of non-ortho nitro benzene ring substituents is 1. The zero-order chi connectivity index (χ0) is 21.8.